The molecule has 3 aromatic rings. The molecule has 7 heteroatoms. The van der Waals surface area contributed by atoms with E-state index >= 15 is 0 Å². The third-order valence-corrected chi connectivity index (χ3v) is 5.35. The normalized spacial score (nSPS) is 17.9. The summed E-state index contributed by atoms with van der Waals surface area (Å²) >= 11 is 0. The van der Waals surface area contributed by atoms with Crippen LogP contribution in [0.4, 0.5) is 0 Å². The van der Waals surface area contributed by atoms with E-state index in [0.29, 0.717) is 22.3 Å². The van der Waals surface area contributed by atoms with Gasteiger partial charge in [0.1, 0.15) is 5.82 Å². The number of carbonyl (C=O) groups is 2. The highest BCUT2D eigenvalue weighted by atomic mass is 16.5. The summed E-state index contributed by atoms with van der Waals surface area (Å²) in [5, 5.41) is 0.399. The molecule has 154 valence electrons. The second-order valence-corrected chi connectivity index (χ2v) is 7.68. The number of aromatic nitrogens is 2. The number of ketones is 1. The van der Waals surface area contributed by atoms with Gasteiger partial charge in [0.05, 0.1) is 17.5 Å². The van der Waals surface area contributed by atoms with Gasteiger partial charge in [-0.05, 0) is 24.6 Å². The monoisotopic (exact) mass is 405 g/mol. The summed E-state index contributed by atoms with van der Waals surface area (Å²) in [6.07, 6.45) is 0.0949. The minimum atomic E-state index is -1.72. The van der Waals surface area contributed by atoms with Crippen LogP contribution >= 0.6 is 0 Å². The molecule has 1 heterocycles. The Bertz CT molecular complexity index is 1210. The third-order valence-electron chi connectivity index (χ3n) is 5.35. The molecule has 0 aliphatic heterocycles. The van der Waals surface area contributed by atoms with Crippen molar-refractivity contribution in [3.63, 3.8) is 0 Å². The molecule has 1 unspecified atom stereocenters. The lowest BCUT2D eigenvalue weighted by Crippen LogP contribution is -2.58. The number of ether oxygens (including phenoxy) is 1. The average molecular weight is 405 g/mol. The van der Waals surface area contributed by atoms with Crippen molar-refractivity contribution in [1.82, 2.24) is 9.66 Å². The zero-order valence-corrected chi connectivity index (χ0v) is 17.1. The van der Waals surface area contributed by atoms with Gasteiger partial charge in [-0.15, -0.1) is 0 Å². The maximum absolute atomic E-state index is 13.4. The molecule has 30 heavy (non-hydrogen) atoms. The molecule has 1 atom stereocenters. The first kappa shape index (κ1) is 19.8. The van der Waals surface area contributed by atoms with Crippen LogP contribution in [0.2, 0.25) is 0 Å². The molecule has 1 aliphatic carbocycles. The van der Waals surface area contributed by atoms with Gasteiger partial charge in [0.15, 0.2) is 0 Å². The molecule has 1 aliphatic rings. The van der Waals surface area contributed by atoms with E-state index in [4.69, 9.17) is 4.74 Å². The van der Waals surface area contributed by atoms with Crippen molar-refractivity contribution < 1.29 is 14.3 Å². The summed E-state index contributed by atoms with van der Waals surface area (Å²) in [4.78, 5) is 44.4. The number of nitrogens with one attached hydrogen (secondary N) is 1. The second kappa shape index (κ2) is 7.40. The zero-order chi connectivity index (χ0) is 21.5. The summed E-state index contributed by atoms with van der Waals surface area (Å²) < 4.78 is 6.52. The van der Waals surface area contributed by atoms with Gasteiger partial charge < -0.3 is 4.74 Å². The first-order valence-corrected chi connectivity index (χ1v) is 9.99. The van der Waals surface area contributed by atoms with E-state index in [0.717, 1.165) is 5.56 Å². The van der Waals surface area contributed by atoms with Crippen LogP contribution in [-0.4, -0.2) is 33.6 Å². The highest BCUT2D eigenvalue weighted by Crippen LogP contribution is 2.32. The fourth-order valence-electron chi connectivity index (χ4n) is 3.88. The summed E-state index contributed by atoms with van der Waals surface area (Å²) in [7, 11) is 0. The van der Waals surface area contributed by atoms with E-state index in [2.05, 4.69) is 10.4 Å². The third kappa shape index (κ3) is 2.98. The molecule has 0 bridgehead atoms. The van der Waals surface area contributed by atoms with Gasteiger partial charge in [0.2, 0.25) is 11.3 Å². The zero-order valence-electron chi connectivity index (χ0n) is 17.1. The van der Waals surface area contributed by atoms with Crippen LogP contribution in [0.1, 0.15) is 48.4 Å². The quantitative estimate of drug-likeness (QED) is 0.519. The second-order valence-electron chi connectivity index (χ2n) is 7.68. The summed E-state index contributed by atoms with van der Waals surface area (Å²) in [6.45, 7) is 5.60. The maximum Gasteiger partial charge on any atom is 0.341 e. The van der Waals surface area contributed by atoms with Crippen LogP contribution in [-0.2, 0) is 16.0 Å². The number of fused-ring (bicyclic) bond motifs is 2. The average Bonchev–Trinajstić information content (AvgIpc) is 3.03. The molecule has 0 spiro atoms. The summed E-state index contributed by atoms with van der Waals surface area (Å²) in [5.41, 5.74) is 2.62. The van der Waals surface area contributed by atoms with Crippen molar-refractivity contribution in [3.8, 4) is 0 Å². The molecule has 0 radical (unpaired) electrons. The van der Waals surface area contributed by atoms with E-state index in [-0.39, 0.29) is 24.5 Å². The summed E-state index contributed by atoms with van der Waals surface area (Å²) in [5.74, 6) is -0.814. The fraction of sp³-hybridized carbons (Fsp3) is 0.304. The van der Waals surface area contributed by atoms with Crippen molar-refractivity contribution in [2.24, 2.45) is 0 Å². The molecule has 1 aromatic heterocycles. The number of hydrogen-bond donors (Lipinski definition) is 1. The molecular weight excluding hydrogens is 382 g/mol. The molecule has 0 fully saturated rings. The van der Waals surface area contributed by atoms with Gasteiger partial charge in [-0.2, -0.15) is 0 Å². The first-order valence-electron chi connectivity index (χ1n) is 9.99. The Morgan fingerprint density at radius 3 is 2.57 bits per heavy atom. The van der Waals surface area contributed by atoms with E-state index in [1.807, 2.05) is 26.0 Å². The van der Waals surface area contributed by atoms with Crippen molar-refractivity contribution in [1.29, 1.82) is 0 Å². The Hall–Kier alpha value is -3.48. The number of benzene rings is 2. The lowest BCUT2D eigenvalue weighted by Gasteiger charge is -2.30. The molecule has 2 aromatic carbocycles. The smallest absolute Gasteiger partial charge is 0.341 e. The van der Waals surface area contributed by atoms with Crippen LogP contribution in [0, 0.1) is 0 Å². The number of rotatable bonds is 5. The van der Waals surface area contributed by atoms with E-state index in [1.54, 1.807) is 43.3 Å². The number of esters is 1. The number of hydrogen-bond acceptors (Lipinski definition) is 6. The molecule has 4 rings (SSSR count). The topological polar surface area (TPSA) is 90.3 Å². The Labute approximate surface area is 173 Å². The Balaban J connectivity index is 1.92. The predicted octanol–water partition coefficient (Wildman–Crippen LogP) is 2.80. The largest absolute Gasteiger partial charge is 0.464 e. The Morgan fingerprint density at radius 1 is 1.17 bits per heavy atom. The lowest BCUT2D eigenvalue weighted by molar-refractivity contribution is -0.146. The SMILES string of the molecule is CCOC(=O)C1(Nn2c(C(C)C)nc3ccccc3c2=O)Cc2ccccc2C1=O. The van der Waals surface area contributed by atoms with Crippen molar-refractivity contribution in [2.75, 3.05) is 12.0 Å². The number of para-hydroxylation sites is 1. The van der Waals surface area contributed by atoms with Gasteiger partial charge >= 0.3 is 5.97 Å². The standard InChI is InChI=1S/C23H23N3O4/c1-4-30-22(29)23(13-15-9-5-6-10-16(15)19(23)27)25-26-20(14(2)3)24-18-12-8-7-11-17(18)21(26)28/h5-12,14,25H,4,13H2,1-3H3. The molecular formula is C23H23N3O4. The molecule has 0 amide bonds. The van der Waals surface area contributed by atoms with Gasteiger partial charge in [-0.3, -0.25) is 15.0 Å². The minimum absolute atomic E-state index is 0.0949. The number of Topliss-reactive ketones (excluding diaryl/α,β-unsaturated/α-hetero) is 1. The van der Waals surface area contributed by atoms with Crippen LogP contribution < -0.4 is 11.0 Å². The van der Waals surface area contributed by atoms with Crippen molar-refractivity contribution in [2.45, 2.75) is 38.6 Å². The highest BCUT2D eigenvalue weighted by Gasteiger charge is 2.54. The molecule has 1 N–H and O–H groups in total. The van der Waals surface area contributed by atoms with Crippen LogP contribution in [0.5, 0.6) is 0 Å². The van der Waals surface area contributed by atoms with Crippen molar-refractivity contribution >= 4 is 22.7 Å². The highest BCUT2D eigenvalue weighted by molar-refractivity contribution is 6.21. The summed E-state index contributed by atoms with van der Waals surface area (Å²) in [6, 6.07) is 14.1. The lowest BCUT2D eigenvalue weighted by atomic mass is 9.95. The van der Waals surface area contributed by atoms with Crippen LogP contribution in [0.15, 0.2) is 53.3 Å². The fourth-order valence-corrected chi connectivity index (χ4v) is 3.88. The molecule has 0 saturated carbocycles. The van der Waals surface area contributed by atoms with E-state index in [1.165, 1.54) is 4.68 Å². The molecule has 0 saturated heterocycles. The minimum Gasteiger partial charge on any atom is -0.464 e. The molecule has 7 nitrogen and oxygen atoms in total. The van der Waals surface area contributed by atoms with E-state index in [9.17, 15) is 14.4 Å². The van der Waals surface area contributed by atoms with Crippen LogP contribution in [0.25, 0.3) is 10.9 Å². The van der Waals surface area contributed by atoms with Crippen molar-refractivity contribution in [3.05, 3.63) is 75.8 Å². The van der Waals surface area contributed by atoms with Gasteiger partial charge in [-0.25, -0.2) is 14.5 Å². The van der Waals surface area contributed by atoms with Gasteiger partial charge in [-0.1, -0.05) is 50.2 Å². The first-order chi connectivity index (χ1) is 14.4. The Kier molecular flexibility index (Phi) is 4.89. The maximum atomic E-state index is 13.4. The van der Waals surface area contributed by atoms with Gasteiger partial charge in [0.25, 0.3) is 5.56 Å². The Morgan fingerprint density at radius 2 is 1.87 bits per heavy atom. The van der Waals surface area contributed by atoms with Crippen LogP contribution in [0.3, 0.4) is 0 Å². The predicted molar refractivity (Wildman–Crippen MR) is 113 cm³/mol. The number of nitrogens with zero attached hydrogens (tertiary/aromatic N) is 2. The number of carbonyl (C=O) groups excluding carboxylic acids is 2. The van der Waals surface area contributed by atoms with Gasteiger partial charge in [0, 0.05) is 17.9 Å². The van der Waals surface area contributed by atoms with E-state index < -0.39 is 17.3 Å².